The van der Waals surface area contributed by atoms with Crippen LogP contribution in [-0.4, -0.2) is 14.5 Å². The molecule has 126 valence electrons. The van der Waals surface area contributed by atoms with Gasteiger partial charge in [-0.1, -0.05) is 77.1 Å². The molecule has 0 aliphatic rings. The molecule has 6 rings (SSSR count). The van der Waals surface area contributed by atoms with Crippen LogP contribution in [0.3, 0.4) is 0 Å². The van der Waals surface area contributed by atoms with Gasteiger partial charge in [0.15, 0.2) is 5.58 Å². The van der Waals surface area contributed by atoms with E-state index in [1.807, 2.05) is 12.1 Å². The molecule has 4 aromatic carbocycles. The Bertz CT molecular complexity index is 1440. The predicted molar refractivity (Wildman–Crippen MR) is 115 cm³/mol. The second-order valence-corrected chi connectivity index (χ2v) is 8.24. The Kier molecular flexibility index (Phi) is 3.07. The van der Waals surface area contributed by atoms with Crippen LogP contribution in [-0.2, 0) is 0 Å². The van der Waals surface area contributed by atoms with Crippen molar-refractivity contribution in [3.05, 3.63) is 84.9 Å². The number of aromatic amines is 1. The fourth-order valence-electron chi connectivity index (χ4n) is 3.91. The maximum Gasteiger partial charge on any atom is 0.159 e. The number of hydrogen-bond donors (Lipinski definition) is 1. The van der Waals surface area contributed by atoms with E-state index >= 15 is 0 Å². The Hall–Kier alpha value is -3.30. The third kappa shape index (κ3) is 2.25. The first kappa shape index (κ1) is 14.8. The van der Waals surface area contributed by atoms with Crippen molar-refractivity contribution >= 4 is 63.6 Å². The van der Waals surface area contributed by atoms with Gasteiger partial charge in [-0.05, 0) is 18.2 Å². The topological polar surface area (TPSA) is 28.9 Å². The Morgan fingerprint density at radius 3 is 2.37 bits per heavy atom. The molecule has 0 saturated heterocycles. The molecule has 0 aliphatic carbocycles. The Balaban J connectivity index is 1.59. The number of para-hydroxylation sites is 1. The molecule has 27 heavy (non-hydrogen) atoms. The summed E-state index contributed by atoms with van der Waals surface area (Å²) in [4.78, 5) is 3.58. The van der Waals surface area contributed by atoms with E-state index in [4.69, 9.17) is 4.42 Å². The van der Waals surface area contributed by atoms with Gasteiger partial charge in [0.2, 0.25) is 0 Å². The second-order valence-electron chi connectivity index (χ2n) is 6.84. The quantitative estimate of drug-likeness (QED) is 0.438. The number of furan rings is 1. The lowest BCUT2D eigenvalue weighted by molar-refractivity contribution is 0.672. The molecule has 0 aliphatic heterocycles. The first-order chi connectivity index (χ1) is 13.4. The summed E-state index contributed by atoms with van der Waals surface area (Å²) in [7, 11) is 0.660. The van der Waals surface area contributed by atoms with Gasteiger partial charge in [0, 0.05) is 27.1 Å². The smallest absolute Gasteiger partial charge is 0.159 e. The average Bonchev–Trinajstić information content (AvgIpc) is 3.27. The molecule has 6 aromatic rings. The van der Waals surface area contributed by atoms with E-state index in [9.17, 15) is 0 Å². The summed E-state index contributed by atoms with van der Waals surface area (Å²) in [6.07, 6.45) is 0. The van der Waals surface area contributed by atoms with Crippen molar-refractivity contribution in [1.29, 1.82) is 0 Å². The van der Waals surface area contributed by atoms with Crippen LogP contribution in [0.2, 0.25) is 0 Å². The van der Waals surface area contributed by atoms with Crippen molar-refractivity contribution in [2.45, 2.75) is 0 Å². The minimum atomic E-state index is 0.660. The maximum absolute atomic E-state index is 6.19. The van der Waals surface area contributed by atoms with E-state index in [2.05, 4.69) is 77.8 Å². The lowest BCUT2D eigenvalue weighted by Gasteiger charge is -2.01. The molecule has 2 nitrogen and oxygen atoms in total. The van der Waals surface area contributed by atoms with Gasteiger partial charge in [-0.25, -0.2) is 0 Å². The van der Waals surface area contributed by atoms with E-state index in [0.717, 1.165) is 27.6 Å². The molecule has 0 unspecified atom stereocenters. The number of aromatic nitrogens is 1. The van der Waals surface area contributed by atoms with Crippen LogP contribution >= 0.6 is 0 Å². The summed E-state index contributed by atoms with van der Waals surface area (Å²) in [6.45, 7) is 0. The molecule has 2 radical (unpaired) electrons. The van der Waals surface area contributed by atoms with Crippen LogP contribution < -0.4 is 10.4 Å². The molecule has 2 heterocycles. The summed E-state index contributed by atoms with van der Waals surface area (Å²) >= 11 is 0. The van der Waals surface area contributed by atoms with Crippen LogP contribution in [0.4, 0.5) is 0 Å². The summed E-state index contributed by atoms with van der Waals surface area (Å²) in [5, 5.41) is 7.51. The molecular weight excluding hydrogens is 346 g/mol. The molecule has 0 saturated carbocycles. The molecule has 2 aromatic heterocycles. The molecule has 0 bridgehead atoms. The van der Waals surface area contributed by atoms with Gasteiger partial charge < -0.3 is 9.40 Å². The highest BCUT2D eigenvalue weighted by Gasteiger charge is 2.14. The van der Waals surface area contributed by atoms with Crippen molar-refractivity contribution in [3.8, 4) is 0 Å². The third-order valence-corrected chi connectivity index (χ3v) is 6.40. The first-order valence-electron chi connectivity index (χ1n) is 9.04. The van der Waals surface area contributed by atoms with Crippen molar-refractivity contribution < 1.29 is 4.42 Å². The highest BCUT2D eigenvalue weighted by atomic mass is 28.2. The van der Waals surface area contributed by atoms with Gasteiger partial charge >= 0.3 is 0 Å². The van der Waals surface area contributed by atoms with Crippen molar-refractivity contribution in [2.75, 3.05) is 0 Å². The standard InChI is InChI=1S/C24H15NOSi/c1-2-6-15(7-3-1)27-16-10-13-21-20(14-16)18-11-12-19-17-8-4-5-9-22(17)26-24(19)23(18)25-21/h1-14,25H. The van der Waals surface area contributed by atoms with Gasteiger partial charge in [0.25, 0.3) is 0 Å². The highest BCUT2D eigenvalue weighted by Crippen LogP contribution is 2.36. The lowest BCUT2D eigenvalue weighted by Crippen LogP contribution is -2.26. The third-order valence-electron chi connectivity index (χ3n) is 5.18. The maximum atomic E-state index is 6.19. The van der Waals surface area contributed by atoms with Crippen molar-refractivity contribution in [1.82, 2.24) is 4.98 Å². The zero-order chi connectivity index (χ0) is 17.8. The SMILES string of the molecule is c1ccc([Si]c2ccc3[nH]c4c(ccc5c6ccccc6oc54)c3c2)cc1. The number of fused-ring (bicyclic) bond motifs is 7. The molecule has 0 atom stereocenters. The Morgan fingerprint density at radius 2 is 1.44 bits per heavy atom. The van der Waals surface area contributed by atoms with Crippen molar-refractivity contribution in [3.63, 3.8) is 0 Å². The molecule has 0 fully saturated rings. The van der Waals surface area contributed by atoms with Gasteiger partial charge in [-0.3, -0.25) is 0 Å². The zero-order valence-electron chi connectivity index (χ0n) is 14.5. The minimum Gasteiger partial charge on any atom is -0.454 e. The van der Waals surface area contributed by atoms with Crippen LogP contribution in [0.25, 0.3) is 43.7 Å². The van der Waals surface area contributed by atoms with E-state index in [-0.39, 0.29) is 0 Å². The van der Waals surface area contributed by atoms with E-state index in [1.54, 1.807) is 0 Å². The predicted octanol–water partition coefficient (Wildman–Crippen LogP) is 4.88. The Labute approximate surface area is 158 Å². The monoisotopic (exact) mass is 361 g/mol. The summed E-state index contributed by atoms with van der Waals surface area (Å²) in [6, 6.07) is 30.0. The number of hydrogen-bond acceptors (Lipinski definition) is 1. The second kappa shape index (κ2) is 5.60. The van der Waals surface area contributed by atoms with Crippen LogP contribution in [0.1, 0.15) is 0 Å². The van der Waals surface area contributed by atoms with E-state index in [0.29, 0.717) is 9.52 Å². The van der Waals surface area contributed by atoms with E-state index < -0.39 is 0 Å². The summed E-state index contributed by atoms with van der Waals surface area (Å²) in [5.74, 6) is 0. The fraction of sp³-hybridized carbons (Fsp3) is 0. The summed E-state index contributed by atoms with van der Waals surface area (Å²) in [5.41, 5.74) is 4.11. The van der Waals surface area contributed by atoms with E-state index in [1.165, 1.54) is 26.5 Å². The van der Waals surface area contributed by atoms with Gasteiger partial charge in [0.05, 0.1) is 5.52 Å². The summed E-state index contributed by atoms with van der Waals surface area (Å²) < 4.78 is 6.19. The first-order valence-corrected chi connectivity index (χ1v) is 10.0. The number of nitrogens with one attached hydrogen (secondary N) is 1. The highest BCUT2D eigenvalue weighted by molar-refractivity contribution is 6.67. The molecular formula is C24H15NOSi. The lowest BCUT2D eigenvalue weighted by atomic mass is 10.1. The minimum absolute atomic E-state index is 0.660. The Morgan fingerprint density at radius 1 is 0.630 bits per heavy atom. The van der Waals surface area contributed by atoms with Crippen LogP contribution in [0, 0.1) is 0 Å². The number of H-pyrrole nitrogens is 1. The van der Waals surface area contributed by atoms with Gasteiger partial charge in [-0.2, -0.15) is 0 Å². The average molecular weight is 361 g/mol. The van der Waals surface area contributed by atoms with Gasteiger partial charge in [-0.15, -0.1) is 0 Å². The van der Waals surface area contributed by atoms with Crippen LogP contribution in [0.5, 0.6) is 0 Å². The molecule has 0 spiro atoms. The largest absolute Gasteiger partial charge is 0.454 e. The number of rotatable bonds is 2. The fourth-order valence-corrected chi connectivity index (χ4v) is 4.99. The van der Waals surface area contributed by atoms with Crippen molar-refractivity contribution in [2.24, 2.45) is 0 Å². The molecule has 1 N–H and O–H groups in total. The van der Waals surface area contributed by atoms with Gasteiger partial charge in [0.1, 0.15) is 15.1 Å². The molecule has 3 heteroatoms. The molecule has 0 amide bonds. The zero-order valence-corrected chi connectivity index (χ0v) is 15.5. The normalized spacial score (nSPS) is 11.9. The van der Waals surface area contributed by atoms with Crippen LogP contribution in [0.15, 0.2) is 89.3 Å². The number of benzene rings is 4.